The second-order valence-electron chi connectivity index (χ2n) is 3.03. The summed E-state index contributed by atoms with van der Waals surface area (Å²) in [5.74, 6) is 0.483. The maximum Gasteiger partial charge on any atom is 0.146 e. The molecule has 2 heterocycles. The van der Waals surface area contributed by atoms with Crippen molar-refractivity contribution in [2.45, 2.75) is 18.9 Å². The van der Waals surface area contributed by atoms with Gasteiger partial charge in [0.25, 0.3) is 0 Å². The average Bonchev–Trinajstić information content (AvgIpc) is 2.58. The maximum atomic E-state index is 5.43. The fraction of sp³-hybridized carbons (Fsp3) is 0.500. The van der Waals surface area contributed by atoms with Crippen LogP contribution in [-0.2, 0) is 0 Å². The van der Waals surface area contributed by atoms with E-state index in [1.54, 1.807) is 6.07 Å². The highest BCUT2D eigenvalue weighted by Crippen LogP contribution is 2.20. The van der Waals surface area contributed by atoms with Crippen LogP contribution in [0.2, 0.25) is 0 Å². The van der Waals surface area contributed by atoms with E-state index in [0.717, 1.165) is 18.7 Å². The molecule has 1 aromatic heterocycles. The van der Waals surface area contributed by atoms with Crippen LogP contribution in [0.4, 0.5) is 5.82 Å². The summed E-state index contributed by atoms with van der Waals surface area (Å²) in [6, 6.07) is 4.12. The average molecular weight is 237 g/mol. The number of halogens is 2. The van der Waals surface area contributed by atoms with Crippen LogP contribution in [0.5, 0.6) is 0 Å². The normalized spacial score (nSPS) is 19.6. The van der Waals surface area contributed by atoms with Crippen molar-refractivity contribution in [1.82, 2.24) is 15.5 Å². The summed E-state index contributed by atoms with van der Waals surface area (Å²) in [4.78, 5) is 0. The van der Waals surface area contributed by atoms with Crippen molar-refractivity contribution >= 4 is 30.6 Å². The van der Waals surface area contributed by atoms with E-state index < -0.39 is 0 Å². The molecule has 0 amide bonds. The first-order chi connectivity index (χ1) is 5.86. The van der Waals surface area contributed by atoms with E-state index >= 15 is 0 Å². The zero-order valence-electron chi connectivity index (χ0n) is 7.64. The molecule has 1 fully saturated rings. The quantitative estimate of drug-likeness (QED) is 0.773. The van der Waals surface area contributed by atoms with Crippen molar-refractivity contribution in [2.75, 3.05) is 12.3 Å². The van der Waals surface area contributed by atoms with E-state index in [0.29, 0.717) is 11.9 Å². The first-order valence-corrected chi connectivity index (χ1v) is 4.19. The molecule has 1 saturated heterocycles. The van der Waals surface area contributed by atoms with Gasteiger partial charge in [-0.25, -0.2) is 0 Å². The van der Waals surface area contributed by atoms with E-state index in [1.807, 2.05) is 6.07 Å². The highest BCUT2D eigenvalue weighted by Gasteiger charge is 2.17. The fourth-order valence-electron chi connectivity index (χ4n) is 1.48. The highest BCUT2D eigenvalue weighted by atomic mass is 35.5. The summed E-state index contributed by atoms with van der Waals surface area (Å²) in [6.45, 7) is 1.08. The van der Waals surface area contributed by atoms with Gasteiger partial charge in [0.05, 0.1) is 11.7 Å². The number of nitrogens with two attached hydrogens (primary N) is 1. The molecule has 0 saturated carbocycles. The monoisotopic (exact) mass is 236 g/mol. The van der Waals surface area contributed by atoms with Crippen LogP contribution in [0.25, 0.3) is 0 Å². The Morgan fingerprint density at radius 1 is 1.29 bits per heavy atom. The molecule has 2 rings (SSSR count). The van der Waals surface area contributed by atoms with Crippen molar-refractivity contribution in [3.63, 3.8) is 0 Å². The van der Waals surface area contributed by atoms with Gasteiger partial charge in [0.15, 0.2) is 0 Å². The number of nitrogens with one attached hydrogen (secondary N) is 1. The van der Waals surface area contributed by atoms with Gasteiger partial charge in [0, 0.05) is 0 Å². The van der Waals surface area contributed by atoms with Gasteiger partial charge in [-0.3, -0.25) is 0 Å². The number of anilines is 1. The standard InChI is InChI=1S/C8H12N4.2ClH/c9-8-4-3-7(11-12-8)6-2-1-5-10-6;;/h3-4,6,10H,1-2,5H2,(H2,9,12);2*1H. The molecule has 14 heavy (non-hydrogen) atoms. The second kappa shape index (κ2) is 6.01. The predicted molar refractivity (Wildman–Crippen MR) is 60.9 cm³/mol. The maximum absolute atomic E-state index is 5.43. The molecule has 4 nitrogen and oxygen atoms in total. The fourth-order valence-corrected chi connectivity index (χ4v) is 1.48. The van der Waals surface area contributed by atoms with Gasteiger partial charge in [-0.15, -0.1) is 29.9 Å². The Labute approximate surface area is 95.5 Å². The lowest BCUT2D eigenvalue weighted by molar-refractivity contribution is 0.617. The van der Waals surface area contributed by atoms with E-state index in [9.17, 15) is 0 Å². The Hall–Kier alpha value is -0.580. The third-order valence-corrected chi connectivity index (χ3v) is 2.12. The summed E-state index contributed by atoms with van der Waals surface area (Å²) < 4.78 is 0. The number of hydrogen-bond acceptors (Lipinski definition) is 4. The van der Waals surface area contributed by atoms with E-state index in [-0.39, 0.29) is 24.8 Å². The third kappa shape index (κ3) is 2.97. The Kier molecular flexibility index (Phi) is 5.76. The molecule has 1 unspecified atom stereocenters. The predicted octanol–water partition coefficient (Wildman–Crippen LogP) is 1.33. The SMILES string of the molecule is Cl.Cl.Nc1ccc(C2CCCN2)nn1. The largest absolute Gasteiger partial charge is 0.382 e. The molecule has 80 valence electrons. The molecular weight excluding hydrogens is 223 g/mol. The number of nitrogen functional groups attached to an aromatic ring is 1. The lowest BCUT2D eigenvalue weighted by Crippen LogP contribution is -2.14. The Morgan fingerprint density at radius 3 is 2.57 bits per heavy atom. The molecule has 0 spiro atoms. The summed E-state index contributed by atoms with van der Waals surface area (Å²) in [7, 11) is 0. The molecule has 1 aliphatic rings. The van der Waals surface area contributed by atoms with Crippen LogP contribution in [0.3, 0.4) is 0 Å². The molecule has 1 aromatic rings. The van der Waals surface area contributed by atoms with Gasteiger partial charge in [-0.1, -0.05) is 0 Å². The smallest absolute Gasteiger partial charge is 0.146 e. The third-order valence-electron chi connectivity index (χ3n) is 2.12. The lowest BCUT2D eigenvalue weighted by atomic mass is 10.1. The molecule has 1 atom stereocenters. The minimum atomic E-state index is 0. The van der Waals surface area contributed by atoms with E-state index in [1.165, 1.54) is 6.42 Å². The summed E-state index contributed by atoms with van der Waals surface area (Å²) in [6.07, 6.45) is 2.37. The molecule has 0 aromatic carbocycles. The van der Waals surface area contributed by atoms with Crippen molar-refractivity contribution in [3.05, 3.63) is 17.8 Å². The van der Waals surface area contributed by atoms with Gasteiger partial charge in [0.2, 0.25) is 0 Å². The zero-order chi connectivity index (χ0) is 8.39. The number of aromatic nitrogens is 2. The molecular formula is C8H14Cl2N4. The number of nitrogens with zero attached hydrogens (tertiary/aromatic N) is 2. The summed E-state index contributed by atoms with van der Waals surface area (Å²) in [5.41, 5.74) is 6.43. The van der Waals surface area contributed by atoms with Crippen LogP contribution in [0.15, 0.2) is 12.1 Å². The van der Waals surface area contributed by atoms with Crippen LogP contribution in [0, 0.1) is 0 Å². The van der Waals surface area contributed by atoms with Gasteiger partial charge in [-0.05, 0) is 31.5 Å². The first kappa shape index (κ1) is 13.4. The van der Waals surface area contributed by atoms with Crippen LogP contribution < -0.4 is 11.1 Å². The molecule has 0 bridgehead atoms. The van der Waals surface area contributed by atoms with Crippen molar-refractivity contribution in [1.29, 1.82) is 0 Å². The van der Waals surface area contributed by atoms with Crippen molar-refractivity contribution in [3.8, 4) is 0 Å². The highest BCUT2D eigenvalue weighted by molar-refractivity contribution is 5.85. The van der Waals surface area contributed by atoms with E-state index in [2.05, 4.69) is 15.5 Å². The van der Waals surface area contributed by atoms with Gasteiger partial charge in [0.1, 0.15) is 5.82 Å². The first-order valence-electron chi connectivity index (χ1n) is 4.19. The van der Waals surface area contributed by atoms with Gasteiger partial charge >= 0.3 is 0 Å². The van der Waals surface area contributed by atoms with Crippen molar-refractivity contribution < 1.29 is 0 Å². The minimum absolute atomic E-state index is 0. The summed E-state index contributed by atoms with van der Waals surface area (Å²) in [5, 5.41) is 11.2. The molecule has 1 aliphatic heterocycles. The number of hydrogen-bond donors (Lipinski definition) is 2. The minimum Gasteiger partial charge on any atom is -0.382 e. The zero-order valence-corrected chi connectivity index (χ0v) is 9.27. The molecule has 6 heteroatoms. The van der Waals surface area contributed by atoms with Gasteiger partial charge < -0.3 is 11.1 Å². The summed E-state index contributed by atoms with van der Waals surface area (Å²) >= 11 is 0. The molecule has 3 N–H and O–H groups in total. The molecule has 0 radical (unpaired) electrons. The van der Waals surface area contributed by atoms with Crippen LogP contribution >= 0.6 is 24.8 Å². The Morgan fingerprint density at radius 2 is 2.07 bits per heavy atom. The Balaban J connectivity index is 0.000000845. The molecule has 0 aliphatic carbocycles. The van der Waals surface area contributed by atoms with E-state index in [4.69, 9.17) is 5.73 Å². The van der Waals surface area contributed by atoms with Crippen molar-refractivity contribution in [2.24, 2.45) is 0 Å². The second-order valence-corrected chi connectivity index (χ2v) is 3.03. The van der Waals surface area contributed by atoms with Crippen LogP contribution in [-0.4, -0.2) is 16.7 Å². The van der Waals surface area contributed by atoms with Crippen LogP contribution in [0.1, 0.15) is 24.6 Å². The lowest BCUT2D eigenvalue weighted by Gasteiger charge is -2.07. The number of rotatable bonds is 1. The topological polar surface area (TPSA) is 63.8 Å². The van der Waals surface area contributed by atoms with Gasteiger partial charge in [-0.2, -0.15) is 5.10 Å². The Bertz CT molecular complexity index is 259.